The number of imidazole rings is 1. The molecule has 0 saturated carbocycles. The van der Waals surface area contributed by atoms with E-state index in [4.69, 9.17) is 11.6 Å². The first-order valence-corrected chi connectivity index (χ1v) is 8.74. The lowest BCUT2D eigenvalue weighted by Crippen LogP contribution is -2.38. The summed E-state index contributed by atoms with van der Waals surface area (Å²) >= 11 is 7.30. The van der Waals surface area contributed by atoms with Crippen LogP contribution in [0.3, 0.4) is 0 Å². The standard InChI is InChI=1S/C11H16ClN3O2S2/c1-4-8(7(2)3)14-19(16,17)10-9(12)13-11-15(10)5-6-18-11/h5-8,14H,4H2,1-3H3. The number of nitrogens with zero attached hydrogens (tertiary/aromatic N) is 2. The molecule has 0 aliphatic rings. The number of rotatable bonds is 5. The number of hydrogen-bond donors (Lipinski definition) is 1. The first kappa shape index (κ1) is 14.8. The van der Waals surface area contributed by atoms with Gasteiger partial charge in [0.05, 0.1) is 0 Å². The highest BCUT2D eigenvalue weighted by atomic mass is 35.5. The van der Waals surface area contributed by atoms with Crippen LogP contribution >= 0.6 is 22.9 Å². The second kappa shape index (κ2) is 5.40. The van der Waals surface area contributed by atoms with Crippen LogP contribution in [-0.4, -0.2) is 23.8 Å². The molecular formula is C11H16ClN3O2S2. The lowest BCUT2D eigenvalue weighted by atomic mass is 10.0. The zero-order valence-electron chi connectivity index (χ0n) is 10.9. The molecule has 1 N–H and O–H groups in total. The number of thiazole rings is 1. The fourth-order valence-corrected chi connectivity index (χ4v) is 4.85. The average molecular weight is 322 g/mol. The predicted octanol–water partition coefficient (Wildman–Crippen LogP) is 2.76. The van der Waals surface area contributed by atoms with Crippen LogP contribution in [0.2, 0.25) is 5.15 Å². The fourth-order valence-electron chi connectivity index (χ4n) is 1.92. The van der Waals surface area contributed by atoms with Gasteiger partial charge in [0.25, 0.3) is 10.0 Å². The number of nitrogens with one attached hydrogen (secondary N) is 1. The van der Waals surface area contributed by atoms with Crippen LogP contribution in [0.25, 0.3) is 4.96 Å². The van der Waals surface area contributed by atoms with Gasteiger partial charge in [-0.25, -0.2) is 18.1 Å². The summed E-state index contributed by atoms with van der Waals surface area (Å²) in [7, 11) is -3.68. The van der Waals surface area contributed by atoms with Crippen LogP contribution in [0.15, 0.2) is 16.6 Å². The van der Waals surface area contributed by atoms with Gasteiger partial charge in [-0.05, 0) is 12.3 Å². The van der Waals surface area contributed by atoms with Gasteiger partial charge in [-0.3, -0.25) is 4.40 Å². The summed E-state index contributed by atoms with van der Waals surface area (Å²) in [6.07, 6.45) is 2.38. The van der Waals surface area contributed by atoms with Crippen LogP contribution in [0, 0.1) is 5.92 Å². The summed E-state index contributed by atoms with van der Waals surface area (Å²) in [6, 6.07) is -0.120. The Hall–Kier alpha value is -0.630. The van der Waals surface area contributed by atoms with Gasteiger partial charge >= 0.3 is 0 Å². The molecule has 0 aromatic carbocycles. The van der Waals surface area contributed by atoms with E-state index in [-0.39, 0.29) is 22.1 Å². The van der Waals surface area contributed by atoms with Crippen molar-refractivity contribution in [1.29, 1.82) is 0 Å². The minimum Gasteiger partial charge on any atom is -0.279 e. The molecule has 1 unspecified atom stereocenters. The Bertz CT molecular complexity index is 675. The monoisotopic (exact) mass is 321 g/mol. The van der Waals surface area contributed by atoms with Gasteiger partial charge in [-0.2, -0.15) is 0 Å². The summed E-state index contributed by atoms with van der Waals surface area (Å²) in [4.78, 5) is 4.62. The topological polar surface area (TPSA) is 63.5 Å². The summed E-state index contributed by atoms with van der Waals surface area (Å²) in [6.45, 7) is 5.91. The zero-order chi connectivity index (χ0) is 14.2. The lowest BCUT2D eigenvalue weighted by molar-refractivity contribution is 0.436. The highest BCUT2D eigenvalue weighted by Crippen LogP contribution is 2.26. The van der Waals surface area contributed by atoms with Crippen molar-refractivity contribution in [3.63, 3.8) is 0 Å². The van der Waals surface area contributed by atoms with Gasteiger partial charge in [0.15, 0.2) is 15.1 Å². The molecule has 0 radical (unpaired) electrons. The molecule has 5 nitrogen and oxygen atoms in total. The third-order valence-electron chi connectivity index (χ3n) is 2.98. The molecule has 0 saturated heterocycles. The lowest BCUT2D eigenvalue weighted by Gasteiger charge is -2.20. The molecule has 2 heterocycles. The summed E-state index contributed by atoms with van der Waals surface area (Å²) < 4.78 is 29.1. The Labute approximate surface area is 121 Å². The van der Waals surface area contributed by atoms with E-state index in [0.29, 0.717) is 4.96 Å². The third kappa shape index (κ3) is 2.79. The van der Waals surface area contributed by atoms with Crippen LogP contribution in [0.4, 0.5) is 0 Å². The van der Waals surface area contributed by atoms with E-state index in [9.17, 15) is 8.42 Å². The summed E-state index contributed by atoms with van der Waals surface area (Å²) in [5, 5.41) is 1.81. The normalized spacial score (nSPS) is 14.4. The van der Waals surface area contributed by atoms with Gasteiger partial charge < -0.3 is 0 Å². The highest BCUT2D eigenvalue weighted by molar-refractivity contribution is 7.89. The SMILES string of the molecule is CCC(NS(=O)(=O)c1c(Cl)nc2sccn12)C(C)C. The molecule has 0 aliphatic heterocycles. The second-order valence-corrected chi connectivity index (χ2v) is 7.50. The molecular weight excluding hydrogens is 306 g/mol. The van der Waals surface area contributed by atoms with Crippen molar-refractivity contribution in [2.45, 2.75) is 38.3 Å². The second-order valence-electron chi connectivity index (χ2n) is 4.64. The highest BCUT2D eigenvalue weighted by Gasteiger charge is 2.28. The Morgan fingerprint density at radius 1 is 1.53 bits per heavy atom. The smallest absolute Gasteiger partial charge is 0.260 e. The molecule has 0 bridgehead atoms. The largest absolute Gasteiger partial charge is 0.279 e. The van der Waals surface area contributed by atoms with Gasteiger partial charge in [0.2, 0.25) is 0 Å². The predicted molar refractivity (Wildman–Crippen MR) is 77.3 cm³/mol. The van der Waals surface area contributed by atoms with E-state index in [1.54, 1.807) is 11.6 Å². The quantitative estimate of drug-likeness (QED) is 0.921. The molecule has 0 amide bonds. The van der Waals surface area contributed by atoms with Gasteiger partial charge in [0, 0.05) is 17.6 Å². The van der Waals surface area contributed by atoms with Crippen molar-refractivity contribution < 1.29 is 8.42 Å². The van der Waals surface area contributed by atoms with Gasteiger partial charge in [0.1, 0.15) is 0 Å². The number of halogens is 1. The summed E-state index contributed by atoms with van der Waals surface area (Å²) in [5.41, 5.74) is 0. The Morgan fingerprint density at radius 2 is 2.21 bits per heavy atom. The minimum atomic E-state index is -3.68. The van der Waals surface area contributed by atoms with Crippen molar-refractivity contribution in [1.82, 2.24) is 14.1 Å². The Morgan fingerprint density at radius 3 is 2.79 bits per heavy atom. The van der Waals surface area contributed by atoms with Crippen molar-refractivity contribution in [2.75, 3.05) is 0 Å². The molecule has 8 heteroatoms. The zero-order valence-corrected chi connectivity index (χ0v) is 13.3. The molecule has 106 valence electrons. The van der Waals surface area contributed by atoms with Crippen LogP contribution < -0.4 is 4.72 Å². The van der Waals surface area contributed by atoms with Gasteiger partial charge in [-0.15, -0.1) is 11.3 Å². The van der Waals surface area contributed by atoms with Crippen LogP contribution in [0.5, 0.6) is 0 Å². The van der Waals surface area contributed by atoms with Crippen LogP contribution in [-0.2, 0) is 10.0 Å². The van der Waals surface area contributed by atoms with E-state index in [0.717, 1.165) is 6.42 Å². The number of fused-ring (bicyclic) bond motifs is 1. The average Bonchev–Trinajstić information content (AvgIpc) is 2.84. The summed E-state index contributed by atoms with van der Waals surface area (Å²) in [5.74, 6) is 0.212. The van der Waals surface area contributed by atoms with E-state index in [1.165, 1.54) is 15.7 Å². The van der Waals surface area contributed by atoms with Crippen molar-refractivity contribution in [3.8, 4) is 0 Å². The van der Waals surface area contributed by atoms with E-state index in [1.807, 2.05) is 20.8 Å². The molecule has 0 spiro atoms. The van der Waals surface area contributed by atoms with E-state index >= 15 is 0 Å². The maximum absolute atomic E-state index is 12.4. The third-order valence-corrected chi connectivity index (χ3v) is 5.63. The van der Waals surface area contributed by atoms with Crippen molar-refractivity contribution >= 4 is 37.9 Å². The molecule has 0 fully saturated rings. The molecule has 2 rings (SSSR count). The molecule has 19 heavy (non-hydrogen) atoms. The molecule has 1 atom stereocenters. The fraction of sp³-hybridized carbons (Fsp3) is 0.545. The van der Waals surface area contributed by atoms with E-state index in [2.05, 4.69) is 9.71 Å². The Kier molecular flexibility index (Phi) is 4.20. The van der Waals surface area contributed by atoms with Gasteiger partial charge in [-0.1, -0.05) is 32.4 Å². The van der Waals surface area contributed by atoms with Crippen molar-refractivity contribution in [3.05, 3.63) is 16.7 Å². The maximum atomic E-state index is 12.4. The first-order chi connectivity index (χ1) is 8.86. The maximum Gasteiger partial charge on any atom is 0.260 e. The van der Waals surface area contributed by atoms with E-state index < -0.39 is 10.0 Å². The first-order valence-electron chi connectivity index (χ1n) is 6.00. The number of aromatic nitrogens is 2. The van der Waals surface area contributed by atoms with Crippen LogP contribution in [0.1, 0.15) is 27.2 Å². The molecule has 2 aromatic heterocycles. The molecule has 2 aromatic rings. The molecule has 0 aliphatic carbocycles. The Balaban J connectivity index is 2.44. The number of hydrogen-bond acceptors (Lipinski definition) is 4. The number of sulfonamides is 1. The van der Waals surface area contributed by atoms with Crippen molar-refractivity contribution in [2.24, 2.45) is 5.92 Å². The minimum absolute atomic E-state index is 0.0120.